The molecule has 1 saturated heterocycles. The molecule has 2 atom stereocenters. The van der Waals surface area contributed by atoms with Crippen molar-refractivity contribution in [2.75, 3.05) is 6.54 Å². The lowest BCUT2D eigenvalue weighted by atomic mass is 9.94. The zero-order valence-corrected chi connectivity index (χ0v) is 12.4. The van der Waals surface area contributed by atoms with Crippen LogP contribution in [0.2, 0.25) is 0 Å². The van der Waals surface area contributed by atoms with E-state index in [9.17, 15) is 0 Å². The van der Waals surface area contributed by atoms with Gasteiger partial charge in [-0.1, -0.05) is 40.1 Å². The lowest BCUT2D eigenvalue weighted by molar-refractivity contribution is 0.260. The number of nitrogens with one attached hydrogen (secondary N) is 1. The molecule has 0 spiro atoms. The molecule has 1 aliphatic heterocycles. The minimum absolute atomic E-state index is 0.192. The van der Waals surface area contributed by atoms with Gasteiger partial charge in [0.1, 0.15) is 0 Å². The van der Waals surface area contributed by atoms with Gasteiger partial charge in [0.05, 0.1) is 6.04 Å². The predicted molar refractivity (Wildman–Crippen MR) is 76.6 cm³/mol. The molecule has 0 bridgehead atoms. The molecule has 1 aliphatic rings. The van der Waals surface area contributed by atoms with Gasteiger partial charge in [0, 0.05) is 10.0 Å². The van der Waals surface area contributed by atoms with Gasteiger partial charge in [0.25, 0.3) is 0 Å². The van der Waals surface area contributed by atoms with E-state index < -0.39 is 0 Å². The Bertz CT molecular complexity index is 569. The average Bonchev–Trinajstić information content (AvgIpc) is 2.88. The highest BCUT2D eigenvalue weighted by Gasteiger charge is 2.24. The van der Waals surface area contributed by atoms with E-state index in [1.165, 1.54) is 6.42 Å². The van der Waals surface area contributed by atoms with Crippen LogP contribution in [0.15, 0.2) is 33.3 Å². The van der Waals surface area contributed by atoms with Crippen LogP contribution in [0, 0.1) is 5.92 Å². The summed E-state index contributed by atoms with van der Waals surface area (Å²) in [7, 11) is 0. The van der Waals surface area contributed by atoms with Crippen LogP contribution in [-0.2, 0) is 0 Å². The second-order valence-corrected chi connectivity index (χ2v) is 6.02. The van der Waals surface area contributed by atoms with Gasteiger partial charge in [-0.05, 0) is 37.4 Å². The molecule has 100 valence electrons. The zero-order valence-electron chi connectivity index (χ0n) is 10.8. The van der Waals surface area contributed by atoms with E-state index in [1.54, 1.807) is 0 Å². The number of halogens is 1. The third-order valence-electron chi connectivity index (χ3n) is 3.49. The number of nitrogens with zero attached hydrogens (tertiary/aromatic N) is 2. The van der Waals surface area contributed by atoms with Crippen molar-refractivity contribution in [2.45, 2.75) is 25.8 Å². The maximum atomic E-state index is 5.41. The third kappa shape index (κ3) is 2.87. The quantitative estimate of drug-likeness (QED) is 0.918. The lowest BCUT2D eigenvalue weighted by Crippen LogP contribution is -2.30. The Kier molecular flexibility index (Phi) is 3.66. The SMILES string of the molecule is CC1CCNC(c2nc(-c3cccc(Br)c3)no2)C1. The fourth-order valence-corrected chi connectivity index (χ4v) is 2.82. The molecule has 1 N–H and O–H groups in total. The molecule has 0 aliphatic carbocycles. The summed E-state index contributed by atoms with van der Waals surface area (Å²) < 4.78 is 6.42. The topological polar surface area (TPSA) is 51.0 Å². The number of hydrogen-bond acceptors (Lipinski definition) is 4. The molecule has 4 nitrogen and oxygen atoms in total. The largest absolute Gasteiger partial charge is 0.337 e. The Labute approximate surface area is 120 Å². The van der Waals surface area contributed by atoms with Crippen LogP contribution in [0.4, 0.5) is 0 Å². The molecular formula is C14H16BrN3O. The fourth-order valence-electron chi connectivity index (χ4n) is 2.42. The van der Waals surface area contributed by atoms with Gasteiger partial charge in [0.2, 0.25) is 11.7 Å². The lowest BCUT2D eigenvalue weighted by Gasteiger charge is -2.25. The Morgan fingerprint density at radius 3 is 3.11 bits per heavy atom. The summed E-state index contributed by atoms with van der Waals surface area (Å²) in [4.78, 5) is 4.52. The molecule has 5 heteroatoms. The van der Waals surface area contributed by atoms with E-state index in [-0.39, 0.29) is 6.04 Å². The number of benzene rings is 1. The van der Waals surface area contributed by atoms with E-state index in [0.29, 0.717) is 17.6 Å². The van der Waals surface area contributed by atoms with Crippen molar-refractivity contribution >= 4 is 15.9 Å². The summed E-state index contributed by atoms with van der Waals surface area (Å²) in [6.45, 7) is 3.28. The highest BCUT2D eigenvalue weighted by molar-refractivity contribution is 9.10. The minimum atomic E-state index is 0.192. The van der Waals surface area contributed by atoms with Crippen LogP contribution < -0.4 is 5.32 Å². The first-order valence-electron chi connectivity index (χ1n) is 6.55. The second-order valence-electron chi connectivity index (χ2n) is 5.10. The first-order valence-corrected chi connectivity index (χ1v) is 7.34. The van der Waals surface area contributed by atoms with Crippen LogP contribution >= 0.6 is 15.9 Å². The van der Waals surface area contributed by atoms with Gasteiger partial charge in [-0.25, -0.2) is 0 Å². The van der Waals surface area contributed by atoms with E-state index in [0.717, 1.165) is 23.0 Å². The molecule has 1 aromatic heterocycles. The smallest absolute Gasteiger partial charge is 0.244 e. The number of rotatable bonds is 2. The van der Waals surface area contributed by atoms with Gasteiger partial charge in [-0.2, -0.15) is 4.98 Å². The number of piperidine rings is 1. The van der Waals surface area contributed by atoms with Crippen molar-refractivity contribution in [3.8, 4) is 11.4 Å². The third-order valence-corrected chi connectivity index (χ3v) is 3.98. The molecule has 2 heterocycles. The van der Waals surface area contributed by atoms with Gasteiger partial charge in [-0.3, -0.25) is 0 Å². The van der Waals surface area contributed by atoms with E-state index in [2.05, 4.69) is 38.3 Å². The average molecular weight is 322 g/mol. The van der Waals surface area contributed by atoms with Crippen molar-refractivity contribution in [1.29, 1.82) is 0 Å². The van der Waals surface area contributed by atoms with Crippen molar-refractivity contribution in [3.05, 3.63) is 34.6 Å². The van der Waals surface area contributed by atoms with E-state index >= 15 is 0 Å². The minimum Gasteiger partial charge on any atom is -0.337 e. The Hall–Kier alpha value is -1.20. The van der Waals surface area contributed by atoms with Gasteiger partial charge in [-0.15, -0.1) is 0 Å². The van der Waals surface area contributed by atoms with Gasteiger partial charge < -0.3 is 9.84 Å². The van der Waals surface area contributed by atoms with Gasteiger partial charge in [0.15, 0.2) is 0 Å². The monoisotopic (exact) mass is 321 g/mol. The van der Waals surface area contributed by atoms with Crippen molar-refractivity contribution in [2.24, 2.45) is 5.92 Å². The van der Waals surface area contributed by atoms with Crippen molar-refractivity contribution in [1.82, 2.24) is 15.5 Å². The number of aromatic nitrogens is 2. The van der Waals surface area contributed by atoms with Crippen molar-refractivity contribution < 1.29 is 4.52 Å². The first-order chi connectivity index (χ1) is 9.22. The van der Waals surface area contributed by atoms with Gasteiger partial charge >= 0.3 is 0 Å². The molecule has 0 amide bonds. The summed E-state index contributed by atoms with van der Waals surface area (Å²) in [5, 5.41) is 7.52. The molecule has 2 aromatic rings. The standard InChI is InChI=1S/C14H16BrN3O/c1-9-5-6-16-12(7-9)14-17-13(18-19-14)10-3-2-4-11(15)8-10/h2-4,8-9,12,16H,5-7H2,1H3. The molecule has 1 fully saturated rings. The van der Waals surface area contributed by atoms with Crippen LogP contribution in [0.1, 0.15) is 31.7 Å². The first kappa shape index (κ1) is 12.8. The summed E-state index contributed by atoms with van der Waals surface area (Å²) >= 11 is 3.45. The summed E-state index contributed by atoms with van der Waals surface area (Å²) in [6.07, 6.45) is 2.27. The molecule has 0 saturated carbocycles. The zero-order chi connectivity index (χ0) is 13.2. The Morgan fingerprint density at radius 1 is 1.42 bits per heavy atom. The van der Waals surface area contributed by atoms with E-state index in [1.807, 2.05) is 24.3 Å². The van der Waals surface area contributed by atoms with Crippen molar-refractivity contribution in [3.63, 3.8) is 0 Å². The fraction of sp³-hybridized carbons (Fsp3) is 0.429. The Morgan fingerprint density at radius 2 is 2.32 bits per heavy atom. The highest BCUT2D eigenvalue weighted by Crippen LogP contribution is 2.27. The second kappa shape index (κ2) is 5.43. The molecule has 19 heavy (non-hydrogen) atoms. The molecule has 2 unspecified atom stereocenters. The maximum absolute atomic E-state index is 5.41. The molecular weight excluding hydrogens is 306 g/mol. The van der Waals surface area contributed by atoms with Crippen LogP contribution in [0.5, 0.6) is 0 Å². The normalized spacial score (nSPS) is 23.5. The summed E-state index contributed by atoms with van der Waals surface area (Å²) in [6, 6.07) is 8.12. The summed E-state index contributed by atoms with van der Waals surface area (Å²) in [5.74, 6) is 2.05. The number of hydrogen-bond donors (Lipinski definition) is 1. The molecule has 1 aromatic carbocycles. The van der Waals surface area contributed by atoms with E-state index in [4.69, 9.17) is 4.52 Å². The predicted octanol–water partition coefficient (Wildman–Crippen LogP) is 3.56. The summed E-state index contributed by atoms with van der Waals surface area (Å²) in [5.41, 5.74) is 0.966. The maximum Gasteiger partial charge on any atom is 0.244 e. The van der Waals surface area contributed by atoms with Crippen LogP contribution in [0.3, 0.4) is 0 Å². The molecule has 0 radical (unpaired) electrons. The highest BCUT2D eigenvalue weighted by atomic mass is 79.9. The van der Waals surface area contributed by atoms with Crippen LogP contribution in [-0.4, -0.2) is 16.7 Å². The Balaban J connectivity index is 1.83. The molecule has 3 rings (SSSR count). The van der Waals surface area contributed by atoms with Crippen LogP contribution in [0.25, 0.3) is 11.4 Å².